The predicted octanol–water partition coefficient (Wildman–Crippen LogP) is 2.30. The third kappa shape index (κ3) is 8.34. The first-order chi connectivity index (χ1) is 10.9. The molecule has 1 rings (SSSR count). The Labute approximate surface area is 144 Å². The van der Waals surface area contributed by atoms with Gasteiger partial charge in [0.25, 0.3) is 0 Å². The Morgan fingerprint density at radius 3 is 2.70 bits per heavy atom. The second-order valence-corrected chi connectivity index (χ2v) is 7.92. The van der Waals surface area contributed by atoms with Crippen LogP contribution in [0.4, 0.5) is 4.79 Å². The Bertz CT molecular complexity index is 396. The van der Waals surface area contributed by atoms with Gasteiger partial charge in [-0.15, -0.1) is 0 Å². The molecule has 0 saturated carbocycles. The smallest absolute Gasteiger partial charge is 0.407 e. The van der Waals surface area contributed by atoms with Gasteiger partial charge in [0.2, 0.25) is 0 Å². The molecule has 0 aromatic heterocycles. The van der Waals surface area contributed by atoms with Crippen LogP contribution < -0.4 is 10.6 Å². The van der Waals surface area contributed by atoms with E-state index in [1.807, 2.05) is 32.5 Å². The summed E-state index contributed by atoms with van der Waals surface area (Å²) in [6.45, 7) is 13.8. The summed E-state index contributed by atoms with van der Waals surface area (Å²) in [4.78, 5) is 18.5. The molecule has 7 heteroatoms. The Kier molecular flexibility index (Phi) is 8.58. The van der Waals surface area contributed by atoms with E-state index in [-0.39, 0.29) is 0 Å². The van der Waals surface area contributed by atoms with Crippen molar-refractivity contribution in [1.29, 1.82) is 0 Å². The van der Waals surface area contributed by atoms with Gasteiger partial charge in [-0.25, -0.2) is 4.79 Å². The quantitative estimate of drug-likeness (QED) is 0.455. The van der Waals surface area contributed by atoms with Crippen LogP contribution in [0.15, 0.2) is 4.99 Å². The number of carbonyl (C=O) groups is 1. The Morgan fingerprint density at radius 1 is 1.35 bits per heavy atom. The third-order valence-electron chi connectivity index (χ3n) is 3.27. The molecule has 1 amide bonds. The number of hydrogen-bond acceptors (Lipinski definition) is 4. The normalized spacial score (nSPS) is 19.4. The monoisotopic (exact) mass is 344 g/mol. The SMILES string of the molecule is CCNC(=NCCNC(=O)OC(C)(C)C)N1CCSC(CC)C1. The van der Waals surface area contributed by atoms with Crippen molar-refractivity contribution in [2.45, 2.75) is 51.9 Å². The number of amides is 1. The summed E-state index contributed by atoms with van der Waals surface area (Å²) in [5, 5.41) is 6.76. The molecular formula is C16H32N4O2S. The first-order valence-electron chi connectivity index (χ1n) is 8.47. The fraction of sp³-hybridized carbons (Fsp3) is 0.875. The minimum atomic E-state index is -0.469. The van der Waals surface area contributed by atoms with E-state index in [2.05, 4.69) is 34.4 Å². The van der Waals surface area contributed by atoms with Gasteiger partial charge in [-0.2, -0.15) is 11.8 Å². The van der Waals surface area contributed by atoms with Crippen LogP contribution in [-0.4, -0.2) is 66.3 Å². The Balaban J connectivity index is 2.44. The highest BCUT2D eigenvalue weighted by atomic mass is 32.2. The van der Waals surface area contributed by atoms with E-state index in [0.717, 1.165) is 31.3 Å². The van der Waals surface area contributed by atoms with Crippen LogP contribution in [0.1, 0.15) is 41.0 Å². The molecular weight excluding hydrogens is 312 g/mol. The van der Waals surface area contributed by atoms with Crippen LogP contribution in [0.2, 0.25) is 0 Å². The van der Waals surface area contributed by atoms with Gasteiger partial charge in [-0.05, 0) is 34.1 Å². The minimum Gasteiger partial charge on any atom is -0.444 e. The molecule has 1 atom stereocenters. The molecule has 0 aromatic carbocycles. The number of hydrogen-bond donors (Lipinski definition) is 2. The Morgan fingerprint density at radius 2 is 2.09 bits per heavy atom. The maximum Gasteiger partial charge on any atom is 0.407 e. The van der Waals surface area contributed by atoms with Gasteiger partial charge in [0.05, 0.1) is 6.54 Å². The summed E-state index contributed by atoms with van der Waals surface area (Å²) >= 11 is 2.04. The highest BCUT2D eigenvalue weighted by molar-refractivity contribution is 8.00. The van der Waals surface area contributed by atoms with E-state index in [1.54, 1.807) is 0 Å². The zero-order valence-electron chi connectivity index (χ0n) is 15.1. The van der Waals surface area contributed by atoms with Crippen molar-refractivity contribution in [3.63, 3.8) is 0 Å². The van der Waals surface area contributed by atoms with E-state index < -0.39 is 11.7 Å². The summed E-state index contributed by atoms with van der Waals surface area (Å²) < 4.78 is 5.21. The number of rotatable bonds is 5. The lowest BCUT2D eigenvalue weighted by Crippen LogP contribution is -2.48. The maximum atomic E-state index is 11.6. The average Bonchev–Trinajstić information content (AvgIpc) is 2.48. The van der Waals surface area contributed by atoms with E-state index >= 15 is 0 Å². The molecule has 1 saturated heterocycles. The van der Waals surface area contributed by atoms with E-state index in [1.165, 1.54) is 6.42 Å². The lowest BCUT2D eigenvalue weighted by atomic mass is 10.2. The predicted molar refractivity (Wildman–Crippen MR) is 98.3 cm³/mol. The fourth-order valence-corrected chi connectivity index (χ4v) is 3.40. The highest BCUT2D eigenvalue weighted by Crippen LogP contribution is 2.20. The van der Waals surface area contributed by atoms with Crippen molar-refractivity contribution < 1.29 is 9.53 Å². The zero-order valence-corrected chi connectivity index (χ0v) is 16.0. The van der Waals surface area contributed by atoms with Crippen molar-refractivity contribution in [3.05, 3.63) is 0 Å². The standard InChI is InChI=1S/C16H32N4O2S/c1-6-13-12-20(10-11-23-13)14(17-7-2)18-8-9-19-15(21)22-16(3,4)5/h13H,6-12H2,1-5H3,(H,17,18)(H,19,21). The largest absolute Gasteiger partial charge is 0.444 e. The number of carbonyl (C=O) groups excluding carboxylic acids is 1. The van der Waals surface area contributed by atoms with Gasteiger partial charge in [-0.3, -0.25) is 4.99 Å². The molecule has 1 heterocycles. The third-order valence-corrected chi connectivity index (χ3v) is 4.64. The minimum absolute atomic E-state index is 0.391. The summed E-state index contributed by atoms with van der Waals surface area (Å²) in [7, 11) is 0. The topological polar surface area (TPSA) is 66.0 Å². The molecule has 1 unspecified atom stereocenters. The summed E-state index contributed by atoms with van der Waals surface area (Å²) in [5.74, 6) is 2.08. The number of alkyl carbamates (subject to hydrolysis) is 1. The molecule has 2 N–H and O–H groups in total. The molecule has 1 aliphatic heterocycles. The van der Waals surface area contributed by atoms with Gasteiger partial charge >= 0.3 is 6.09 Å². The van der Waals surface area contributed by atoms with Crippen LogP contribution in [0.5, 0.6) is 0 Å². The molecule has 134 valence electrons. The average molecular weight is 345 g/mol. The maximum absolute atomic E-state index is 11.6. The van der Waals surface area contributed by atoms with Crippen molar-refractivity contribution in [1.82, 2.24) is 15.5 Å². The number of nitrogens with one attached hydrogen (secondary N) is 2. The number of aliphatic imine (C=N–C) groups is 1. The van der Waals surface area contributed by atoms with Crippen LogP contribution in [0.3, 0.4) is 0 Å². The fourth-order valence-electron chi connectivity index (χ4n) is 2.22. The van der Waals surface area contributed by atoms with Gasteiger partial charge in [0, 0.05) is 37.2 Å². The molecule has 0 radical (unpaired) electrons. The van der Waals surface area contributed by atoms with Gasteiger partial charge in [0.1, 0.15) is 5.60 Å². The molecule has 0 aliphatic carbocycles. The molecule has 0 bridgehead atoms. The number of guanidine groups is 1. The van der Waals surface area contributed by atoms with Crippen molar-refractivity contribution >= 4 is 23.8 Å². The van der Waals surface area contributed by atoms with Gasteiger partial charge < -0.3 is 20.3 Å². The number of nitrogens with zero attached hydrogens (tertiary/aromatic N) is 2. The van der Waals surface area contributed by atoms with Crippen LogP contribution in [0, 0.1) is 0 Å². The van der Waals surface area contributed by atoms with Crippen LogP contribution in [0.25, 0.3) is 0 Å². The van der Waals surface area contributed by atoms with Crippen LogP contribution in [-0.2, 0) is 4.74 Å². The van der Waals surface area contributed by atoms with Crippen LogP contribution >= 0.6 is 11.8 Å². The molecule has 0 spiro atoms. The zero-order chi connectivity index (χ0) is 17.3. The van der Waals surface area contributed by atoms with E-state index in [0.29, 0.717) is 18.3 Å². The highest BCUT2D eigenvalue weighted by Gasteiger charge is 2.21. The van der Waals surface area contributed by atoms with Gasteiger partial charge in [-0.1, -0.05) is 6.92 Å². The molecule has 0 aromatic rings. The molecule has 6 nitrogen and oxygen atoms in total. The first-order valence-corrected chi connectivity index (χ1v) is 9.52. The number of ether oxygens (including phenoxy) is 1. The molecule has 23 heavy (non-hydrogen) atoms. The summed E-state index contributed by atoms with van der Waals surface area (Å²) in [6, 6.07) is 0. The lowest BCUT2D eigenvalue weighted by Gasteiger charge is -2.34. The lowest BCUT2D eigenvalue weighted by molar-refractivity contribution is 0.0529. The Hall–Kier alpha value is -1.11. The van der Waals surface area contributed by atoms with Gasteiger partial charge in [0.15, 0.2) is 5.96 Å². The van der Waals surface area contributed by atoms with Crippen molar-refractivity contribution in [2.24, 2.45) is 4.99 Å². The first kappa shape index (κ1) is 19.9. The second-order valence-electron chi connectivity index (χ2n) is 6.51. The van der Waals surface area contributed by atoms with Crippen molar-refractivity contribution in [2.75, 3.05) is 38.5 Å². The summed E-state index contributed by atoms with van der Waals surface area (Å²) in [5.41, 5.74) is -0.469. The molecule has 1 fully saturated rings. The number of thioether (sulfide) groups is 1. The van der Waals surface area contributed by atoms with E-state index in [4.69, 9.17) is 4.74 Å². The second kappa shape index (κ2) is 9.90. The van der Waals surface area contributed by atoms with E-state index in [9.17, 15) is 4.79 Å². The van der Waals surface area contributed by atoms with Crippen molar-refractivity contribution in [3.8, 4) is 0 Å². The molecule has 1 aliphatic rings. The summed E-state index contributed by atoms with van der Waals surface area (Å²) in [6.07, 6.45) is 0.791.